The van der Waals surface area contributed by atoms with E-state index < -0.39 is 11.2 Å². The molecule has 6 nitrogen and oxygen atoms in total. The van der Waals surface area contributed by atoms with Crippen LogP contribution in [0, 0.1) is 6.92 Å². The summed E-state index contributed by atoms with van der Waals surface area (Å²) < 4.78 is 2.43. The second-order valence-electron chi connectivity index (χ2n) is 7.07. The maximum atomic E-state index is 13.3. The van der Waals surface area contributed by atoms with Crippen LogP contribution in [0.3, 0.4) is 0 Å². The number of carbonyl (C=O) groups excluding carboxylic acids is 1. The molecule has 1 saturated heterocycles. The number of halogens is 1. The molecule has 3 aromatic rings. The fourth-order valence-electron chi connectivity index (χ4n) is 3.69. The molecule has 4 rings (SSSR count). The van der Waals surface area contributed by atoms with E-state index in [-0.39, 0.29) is 12.5 Å². The minimum atomic E-state index is -0.568. The Kier molecular flexibility index (Phi) is 4.81. The molecule has 0 bridgehead atoms. The van der Waals surface area contributed by atoms with Gasteiger partial charge in [-0.15, -0.1) is 0 Å². The van der Waals surface area contributed by atoms with E-state index >= 15 is 0 Å². The summed E-state index contributed by atoms with van der Waals surface area (Å²) in [5.41, 5.74) is 0.649. The third-order valence-electron chi connectivity index (χ3n) is 5.14. The van der Waals surface area contributed by atoms with E-state index in [1.54, 1.807) is 41.3 Å². The summed E-state index contributed by atoms with van der Waals surface area (Å²) >= 11 is 6.26. The lowest BCUT2D eigenvalue weighted by Crippen LogP contribution is -2.42. The fraction of sp³-hybridized carbons (Fsp3) is 0.286. The SMILES string of the molecule is Cc1ccc2c(c1)c(=O)n(-c1ccccc1Cl)c(=O)n2CC(=O)N1CCCC1. The molecular weight excluding hydrogens is 378 g/mol. The van der Waals surface area contributed by atoms with Crippen molar-refractivity contribution >= 4 is 28.4 Å². The first-order valence-electron chi connectivity index (χ1n) is 9.26. The minimum Gasteiger partial charge on any atom is -0.341 e. The number of fused-ring (bicyclic) bond motifs is 1. The molecule has 0 aliphatic carbocycles. The molecule has 1 fully saturated rings. The highest BCUT2D eigenvalue weighted by Crippen LogP contribution is 2.19. The smallest absolute Gasteiger partial charge is 0.336 e. The molecule has 7 heteroatoms. The third-order valence-corrected chi connectivity index (χ3v) is 5.46. The van der Waals surface area contributed by atoms with Crippen molar-refractivity contribution in [3.8, 4) is 5.69 Å². The van der Waals surface area contributed by atoms with E-state index in [1.807, 2.05) is 13.0 Å². The molecule has 0 atom stereocenters. The van der Waals surface area contributed by atoms with Gasteiger partial charge in [-0.2, -0.15) is 0 Å². The number of para-hydroxylation sites is 1. The first kappa shape index (κ1) is 18.5. The molecule has 0 spiro atoms. The summed E-state index contributed by atoms with van der Waals surface area (Å²) in [6.45, 7) is 3.18. The van der Waals surface area contributed by atoms with Crippen molar-refractivity contribution < 1.29 is 4.79 Å². The van der Waals surface area contributed by atoms with E-state index in [0.717, 1.165) is 23.0 Å². The van der Waals surface area contributed by atoms with Gasteiger partial charge in [0.15, 0.2) is 0 Å². The van der Waals surface area contributed by atoms with Gasteiger partial charge in [0, 0.05) is 13.1 Å². The van der Waals surface area contributed by atoms with Gasteiger partial charge in [0.25, 0.3) is 5.56 Å². The first-order chi connectivity index (χ1) is 13.5. The van der Waals surface area contributed by atoms with Gasteiger partial charge in [-0.3, -0.25) is 14.2 Å². The summed E-state index contributed by atoms with van der Waals surface area (Å²) in [4.78, 5) is 40.9. The Morgan fingerprint density at radius 3 is 2.50 bits per heavy atom. The highest BCUT2D eigenvalue weighted by Gasteiger charge is 2.22. The maximum absolute atomic E-state index is 13.3. The van der Waals surface area contributed by atoms with Crippen molar-refractivity contribution in [1.82, 2.24) is 14.0 Å². The topological polar surface area (TPSA) is 64.3 Å². The predicted molar refractivity (Wildman–Crippen MR) is 109 cm³/mol. The molecule has 0 unspecified atom stereocenters. The summed E-state index contributed by atoms with van der Waals surface area (Å²) in [7, 11) is 0. The largest absolute Gasteiger partial charge is 0.341 e. The van der Waals surface area contributed by atoms with Crippen molar-refractivity contribution in [3.63, 3.8) is 0 Å². The molecular formula is C21H20ClN3O3. The normalized spacial score (nSPS) is 14.0. The van der Waals surface area contributed by atoms with Crippen molar-refractivity contribution in [2.45, 2.75) is 26.3 Å². The van der Waals surface area contributed by atoms with Gasteiger partial charge in [0.1, 0.15) is 6.54 Å². The van der Waals surface area contributed by atoms with E-state index in [0.29, 0.717) is 34.7 Å². The molecule has 2 heterocycles. The van der Waals surface area contributed by atoms with Crippen LogP contribution in [0.4, 0.5) is 0 Å². The molecule has 1 aliphatic heterocycles. The quantitative estimate of drug-likeness (QED) is 0.682. The van der Waals surface area contributed by atoms with Gasteiger partial charge in [-0.1, -0.05) is 35.4 Å². The molecule has 1 aliphatic rings. The van der Waals surface area contributed by atoms with Crippen LogP contribution in [-0.4, -0.2) is 33.0 Å². The van der Waals surface area contributed by atoms with Crippen LogP contribution in [0.2, 0.25) is 5.02 Å². The Labute approximate surface area is 166 Å². The number of amides is 1. The lowest BCUT2D eigenvalue weighted by atomic mass is 10.1. The Bertz CT molecular complexity index is 1190. The number of aryl methyl sites for hydroxylation is 1. The summed E-state index contributed by atoms with van der Waals surface area (Å²) in [6, 6.07) is 12.0. The number of nitrogens with zero attached hydrogens (tertiary/aromatic N) is 3. The number of aromatic nitrogens is 2. The average molecular weight is 398 g/mol. The Morgan fingerprint density at radius 2 is 1.79 bits per heavy atom. The third kappa shape index (κ3) is 3.14. The number of carbonyl (C=O) groups is 1. The molecule has 0 radical (unpaired) electrons. The second kappa shape index (κ2) is 7.28. The number of benzene rings is 2. The standard InChI is InChI=1S/C21H20ClN3O3/c1-14-8-9-17-15(12-14)20(27)25(18-7-3-2-6-16(18)22)21(28)24(17)13-19(26)23-10-4-5-11-23/h2-3,6-9,12H,4-5,10-11,13H2,1H3. The van der Waals surface area contributed by atoms with Crippen LogP contribution in [0.1, 0.15) is 18.4 Å². The second-order valence-corrected chi connectivity index (χ2v) is 7.48. The van der Waals surface area contributed by atoms with Crippen molar-refractivity contribution in [3.05, 3.63) is 73.9 Å². The van der Waals surface area contributed by atoms with E-state index in [1.165, 1.54) is 4.57 Å². The van der Waals surface area contributed by atoms with Crippen LogP contribution >= 0.6 is 11.6 Å². The summed E-state index contributed by atoms with van der Waals surface area (Å²) in [5, 5.41) is 0.680. The van der Waals surface area contributed by atoms with Crippen LogP contribution in [0.5, 0.6) is 0 Å². The lowest BCUT2D eigenvalue weighted by molar-refractivity contribution is -0.130. The number of hydrogen-bond acceptors (Lipinski definition) is 3. The maximum Gasteiger partial charge on any atom is 0.336 e. The predicted octanol–water partition coefficient (Wildman–Crippen LogP) is 2.74. The van der Waals surface area contributed by atoms with Crippen LogP contribution in [0.25, 0.3) is 16.6 Å². The van der Waals surface area contributed by atoms with Gasteiger partial charge >= 0.3 is 5.69 Å². The highest BCUT2D eigenvalue weighted by atomic mass is 35.5. The zero-order chi connectivity index (χ0) is 19.8. The lowest BCUT2D eigenvalue weighted by Gasteiger charge is -2.19. The van der Waals surface area contributed by atoms with Gasteiger partial charge in [-0.05, 0) is 44.0 Å². The summed E-state index contributed by atoms with van der Waals surface area (Å²) in [6.07, 6.45) is 1.94. The highest BCUT2D eigenvalue weighted by molar-refractivity contribution is 6.32. The van der Waals surface area contributed by atoms with E-state index in [9.17, 15) is 14.4 Å². The van der Waals surface area contributed by atoms with Gasteiger partial charge in [0.05, 0.1) is 21.6 Å². The number of hydrogen-bond donors (Lipinski definition) is 0. The Balaban J connectivity index is 1.98. The first-order valence-corrected chi connectivity index (χ1v) is 9.64. The van der Waals surface area contributed by atoms with Crippen molar-refractivity contribution in [2.75, 3.05) is 13.1 Å². The fourth-order valence-corrected chi connectivity index (χ4v) is 3.91. The average Bonchev–Trinajstić information content (AvgIpc) is 3.22. The zero-order valence-electron chi connectivity index (χ0n) is 15.5. The molecule has 0 saturated carbocycles. The molecule has 2 aromatic carbocycles. The van der Waals surface area contributed by atoms with Crippen LogP contribution in [0.15, 0.2) is 52.1 Å². The molecule has 1 aromatic heterocycles. The van der Waals surface area contributed by atoms with Crippen LogP contribution in [-0.2, 0) is 11.3 Å². The van der Waals surface area contributed by atoms with E-state index in [4.69, 9.17) is 11.6 Å². The van der Waals surface area contributed by atoms with Crippen molar-refractivity contribution in [2.24, 2.45) is 0 Å². The Morgan fingerprint density at radius 1 is 1.07 bits per heavy atom. The monoisotopic (exact) mass is 397 g/mol. The van der Waals surface area contributed by atoms with Gasteiger partial charge in [-0.25, -0.2) is 9.36 Å². The van der Waals surface area contributed by atoms with Gasteiger partial charge in [0.2, 0.25) is 5.91 Å². The molecule has 0 N–H and O–H groups in total. The number of likely N-dealkylation sites (tertiary alicyclic amines) is 1. The van der Waals surface area contributed by atoms with Gasteiger partial charge < -0.3 is 4.90 Å². The zero-order valence-corrected chi connectivity index (χ0v) is 16.3. The molecule has 144 valence electrons. The van der Waals surface area contributed by atoms with E-state index in [2.05, 4.69) is 0 Å². The van der Waals surface area contributed by atoms with Crippen molar-refractivity contribution in [1.29, 1.82) is 0 Å². The summed E-state index contributed by atoms with van der Waals surface area (Å²) in [5.74, 6) is -0.120. The van der Waals surface area contributed by atoms with Crippen LogP contribution < -0.4 is 11.2 Å². The molecule has 28 heavy (non-hydrogen) atoms. The Hall–Kier alpha value is -2.86. The minimum absolute atomic E-state index is 0.108. The molecule has 1 amide bonds. The number of rotatable bonds is 3.